The summed E-state index contributed by atoms with van der Waals surface area (Å²) in [4.78, 5) is 2.73. The standard InChI is InChI=1S/C40H26S/c1-3-15-27(16-4-1)29-19-7-12-24-34(29)39-35-25-13-14-26-36(35)40(41-39)38-32-22-10-8-20-30(32)37(28-17-5-2-6-18-28)31-21-9-11-23-33(31)38/h1-3,5-12,14-15,17-24,26H,13,25H2. The van der Waals surface area contributed by atoms with Crippen molar-refractivity contribution in [1.29, 1.82) is 0 Å². The summed E-state index contributed by atoms with van der Waals surface area (Å²) in [6, 6.07) is 50.2. The van der Waals surface area contributed by atoms with Crippen LogP contribution in [0.4, 0.5) is 0 Å². The molecule has 1 aliphatic carbocycles. The van der Waals surface area contributed by atoms with Crippen molar-refractivity contribution < 1.29 is 0 Å². The van der Waals surface area contributed by atoms with Gasteiger partial charge < -0.3 is 0 Å². The molecule has 0 spiro atoms. The lowest BCUT2D eigenvalue weighted by Gasteiger charge is -2.18. The van der Waals surface area contributed by atoms with Gasteiger partial charge in [0.2, 0.25) is 0 Å². The minimum absolute atomic E-state index is 1.05. The molecule has 7 aromatic rings. The van der Waals surface area contributed by atoms with E-state index in [-0.39, 0.29) is 0 Å². The summed E-state index contributed by atoms with van der Waals surface area (Å²) in [5.41, 5.74) is 10.3. The maximum atomic E-state index is 3.35. The fraction of sp³-hybridized carbons (Fsp3) is 0.0500. The Kier molecular flexibility index (Phi) is 5.80. The second kappa shape index (κ2) is 9.93. The first kappa shape index (κ1) is 23.9. The highest BCUT2D eigenvalue weighted by Crippen LogP contribution is 2.52. The van der Waals surface area contributed by atoms with Crippen LogP contribution in [0.1, 0.15) is 17.5 Å². The van der Waals surface area contributed by atoms with Gasteiger partial charge in [-0.15, -0.1) is 11.3 Å². The highest BCUT2D eigenvalue weighted by molar-refractivity contribution is 7.19. The number of hydrogen-bond donors (Lipinski definition) is 0. The zero-order chi connectivity index (χ0) is 27.2. The summed E-state index contributed by atoms with van der Waals surface area (Å²) < 4.78 is 0. The molecule has 0 saturated carbocycles. The first-order chi connectivity index (χ1) is 20.4. The van der Waals surface area contributed by atoms with E-state index in [0.717, 1.165) is 18.4 Å². The van der Waals surface area contributed by atoms with Gasteiger partial charge in [-0.25, -0.2) is 0 Å². The van der Waals surface area contributed by atoms with Crippen molar-refractivity contribution in [1.82, 2.24) is 0 Å². The Labute approximate surface area is 244 Å². The van der Waals surface area contributed by atoms with Crippen LogP contribution in [0.25, 0.3) is 70.8 Å². The van der Waals surface area contributed by atoms with E-state index in [0.29, 0.717) is 0 Å². The molecule has 0 amide bonds. The summed E-state index contributed by atoms with van der Waals surface area (Å²) >= 11 is 1.95. The topological polar surface area (TPSA) is 0 Å². The van der Waals surface area contributed by atoms with E-state index >= 15 is 0 Å². The van der Waals surface area contributed by atoms with Crippen LogP contribution in [0.3, 0.4) is 0 Å². The Hall–Kier alpha value is -4.90. The molecule has 0 aliphatic heterocycles. The largest absolute Gasteiger partial charge is 0.134 e. The third-order valence-corrected chi connectivity index (χ3v) is 9.52. The van der Waals surface area contributed by atoms with Crippen molar-refractivity contribution in [3.63, 3.8) is 0 Å². The van der Waals surface area contributed by atoms with Crippen LogP contribution >= 0.6 is 11.3 Å². The summed E-state index contributed by atoms with van der Waals surface area (Å²) in [5, 5.41) is 5.20. The quantitative estimate of drug-likeness (QED) is 0.196. The molecular formula is C40H26S. The first-order valence-corrected chi connectivity index (χ1v) is 15.0. The van der Waals surface area contributed by atoms with E-state index in [1.54, 1.807) is 0 Å². The van der Waals surface area contributed by atoms with Crippen molar-refractivity contribution in [2.24, 2.45) is 0 Å². The highest BCUT2D eigenvalue weighted by Gasteiger charge is 2.25. The average molecular weight is 539 g/mol. The SMILES string of the molecule is c1cccc(-c2ccccc2-c2sc(-c3c4ccccc4c(-c4ccccc4)c4ccccc34)c3c2CCC=C3)c#1. The molecule has 192 valence electrons. The first-order valence-electron chi connectivity index (χ1n) is 14.2. The second-order valence-corrected chi connectivity index (χ2v) is 11.6. The normalized spacial score (nSPS) is 12.4. The van der Waals surface area contributed by atoms with Gasteiger partial charge in [-0.2, -0.15) is 0 Å². The van der Waals surface area contributed by atoms with E-state index in [4.69, 9.17) is 0 Å². The molecule has 1 heterocycles. The molecule has 0 nitrogen and oxygen atoms in total. The molecule has 1 aliphatic rings. The van der Waals surface area contributed by atoms with Gasteiger partial charge in [-0.05, 0) is 74.3 Å². The lowest BCUT2D eigenvalue weighted by molar-refractivity contribution is 0.996. The molecule has 1 heteroatoms. The fourth-order valence-electron chi connectivity index (χ4n) is 6.45. The number of fused-ring (bicyclic) bond motifs is 3. The van der Waals surface area contributed by atoms with Crippen molar-refractivity contribution in [3.8, 4) is 43.1 Å². The van der Waals surface area contributed by atoms with Gasteiger partial charge in [0, 0.05) is 26.4 Å². The Bertz CT molecular complexity index is 2020. The molecule has 0 bridgehead atoms. The number of allylic oxidation sites excluding steroid dienone is 1. The van der Waals surface area contributed by atoms with Crippen molar-refractivity contribution in [2.75, 3.05) is 0 Å². The second-order valence-electron chi connectivity index (χ2n) is 10.6. The molecule has 0 N–H and O–H groups in total. The predicted octanol–water partition coefficient (Wildman–Crippen LogP) is 11.3. The summed E-state index contributed by atoms with van der Waals surface area (Å²) in [7, 11) is 0. The Morgan fingerprint density at radius 2 is 1.20 bits per heavy atom. The molecular weight excluding hydrogens is 513 g/mol. The maximum absolute atomic E-state index is 3.35. The van der Waals surface area contributed by atoms with E-state index < -0.39 is 0 Å². The van der Waals surface area contributed by atoms with Crippen molar-refractivity contribution in [3.05, 3.63) is 151 Å². The van der Waals surface area contributed by atoms with Crippen LogP contribution in [0, 0.1) is 12.1 Å². The van der Waals surface area contributed by atoms with Gasteiger partial charge in [-0.3, -0.25) is 0 Å². The van der Waals surface area contributed by atoms with Gasteiger partial charge in [-0.1, -0.05) is 133 Å². The Morgan fingerprint density at radius 1 is 0.561 bits per heavy atom. The van der Waals surface area contributed by atoms with Crippen molar-refractivity contribution in [2.45, 2.75) is 12.8 Å². The minimum atomic E-state index is 1.05. The molecule has 8 rings (SSSR count). The third-order valence-electron chi connectivity index (χ3n) is 8.23. The minimum Gasteiger partial charge on any atom is -0.134 e. The highest BCUT2D eigenvalue weighted by atomic mass is 32.1. The number of thiophene rings is 1. The van der Waals surface area contributed by atoms with Crippen LogP contribution < -0.4 is 0 Å². The van der Waals surface area contributed by atoms with Gasteiger partial charge >= 0.3 is 0 Å². The Balaban J connectivity index is 1.46. The van der Waals surface area contributed by atoms with Crippen LogP contribution in [0.5, 0.6) is 0 Å². The average Bonchev–Trinajstić information content (AvgIpc) is 3.43. The molecule has 0 fully saturated rings. The van der Waals surface area contributed by atoms with Gasteiger partial charge in [0.25, 0.3) is 0 Å². The van der Waals surface area contributed by atoms with Crippen LogP contribution in [-0.2, 0) is 6.42 Å². The molecule has 0 radical (unpaired) electrons. The fourth-order valence-corrected chi connectivity index (χ4v) is 7.90. The van der Waals surface area contributed by atoms with E-state index in [9.17, 15) is 0 Å². The van der Waals surface area contributed by atoms with Gasteiger partial charge in [0.05, 0.1) is 0 Å². The monoisotopic (exact) mass is 538 g/mol. The van der Waals surface area contributed by atoms with E-state index in [2.05, 4.69) is 133 Å². The summed E-state index contributed by atoms with van der Waals surface area (Å²) in [6.45, 7) is 0. The molecule has 0 atom stereocenters. The lowest BCUT2D eigenvalue weighted by atomic mass is 9.86. The molecule has 6 aromatic carbocycles. The molecule has 1 aromatic heterocycles. The number of benzene rings is 5. The summed E-state index contributed by atoms with van der Waals surface area (Å²) in [5.74, 6) is 0. The number of rotatable bonds is 4. The maximum Gasteiger partial charge on any atom is 0.0437 e. The molecule has 0 unspecified atom stereocenters. The Morgan fingerprint density at radius 3 is 1.88 bits per heavy atom. The molecule has 0 saturated heterocycles. The predicted molar refractivity (Wildman–Crippen MR) is 176 cm³/mol. The zero-order valence-corrected chi connectivity index (χ0v) is 23.3. The summed E-state index contributed by atoms with van der Waals surface area (Å²) in [6.07, 6.45) is 6.83. The molecule has 41 heavy (non-hydrogen) atoms. The third kappa shape index (κ3) is 3.92. The lowest BCUT2D eigenvalue weighted by Crippen LogP contribution is -1.95. The number of hydrogen-bond acceptors (Lipinski definition) is 1. The van der Waals surface area contributed by atoms with Crippen LogP contribution in [0.2, 0.25) is 0 Å². The zero-order valence-electron chi connectivity index (χ0n) is 22.5. The smallest absolute Gasteiger partial charge is 0.0437 e. The van der Waals surface area contributed by atoms with E-state index in [1.165, 1.54) is 70.2 Å². The van der Waals surface area contributed by atoms with Crippen LogP contribution in [-0.4, -0.2) is 0 Å². The van der Waals surface area contributed by atoms with Gasteiger partial charge in [0.1, 0.15) is 0 Å². The van der Waals surface area contributed by atoms with Crippen molar-refractivity contribution >= 4 is 39.0 Å². The van der Waals surface area contributed by atoms with E-state index in [1.807, 2.05) is 23.5 Å². The van der Waals surface area contributed by atoms with Gasteiger partial charge in [0.15, 0.2) is 0 Å². The van der Waals surface area contributed by atoms with Crippen LogP contribution in [0.15, 0.2) is 127 Å².